The molecular formula is C10H14BrN3O2S2. The molecule has 1 aromatic rings. The minimum absolute atomic E-state index is 0.0566. The Morgan fingerprint density at radius 3 is 2.67 bits per heavy atom. The number of sulfonamides is 1. The molecule has 0 fully saturated rings. The van der Waals surface area contributed by atoms with Gasteiger partial charge in [0.25, 0.3) is 0 Å². The zero-order chi connectivity index (χ0) is 13.8. The van der Waals surface area contributed by atoms with Crippen LogP contribution in [-0.4, -0.2) is 25.7 Å². The van der Waals surface area contributed by atoms with E-state index < -0.39 is 10.0 Å². The summed E-state index contributed by atoms with van der Waals surface area (Å²) in [5.74, 6) is -0.0566. The molecule has 5 N–H and O–H groups in total. The third-order valence-electron chi connectivity index (χ3n) is 2.17. The first-order valence-electron chi connectivity index (χ1n) is 5.13. The van der Waals surface area contributed by atoms with Gasteiger partial charge in [-0.25, -0.2) is 13.6 Å². The Hall–Kier alpha value is -0.700. The molecule has 0 heterocycles. The number of thiocarbonyl (C=S) groups is 1. The monoisotopic (exact) mass is 351 g/mol. The number of anilines is 1. The van der Waals surface area contributed by atoms with E-state index in [1.165, 1.54) is 0 Å². The number of nitrogens with two attached hydrogens (primary N) is 2. The molecule has 0 aliphatic rings. The maximum atomic E-state index is 10.8. The van der Waals surface area contributed by atoms with Crippen molar-refractivity contribution in [1.29, 1.82) is 0 Å². The maximum Gasteiger partial charge on any atom is 0.209 e. The Balaban J connectivity index is 2.65. The van der Waals surface area contributed by atoms with Crippen molar-refractivity contribution >= 4 is 48.8 Å². The van der Waals surface area contributed by atoms with Crippen LogP contribution in [0.3, 0.4) is 0 Å². The van der Waals surface area contributed by atoms with Crippen molar-refractivity contribution in [1.82, 2.24) is 0 Å². The Morgan fingerprint density at radius 2 is 2.11 bits per heavy atom. The minimum Gasteiger partial charge on any atom is -0.389 e. The van der Waals surface area contributed by atoms with Crippen molar-refractivity contribution in [2.24, 2.45) is 10.9 Å². The number of benzene rings is 1. The lowest BCUT2D eigenvalue weighted by molar-refractivity contribution is 0.596. The second kappa shape index (κ2) is 6.46. The van der Waals surface area contributed by atoms with Crippen molar-refractivity contribution in [3.8, 4) is 0 Å². The third kappa shape index (κ3) is 5.30. The van der Waals surface area contributed by atoms with E-state index in [4.69, 9.17) is 23.1 Å². The molecule has 0 saturated carbocycles. The van der Waals surface area contributed by atoms with Crippen LogP contribution in [0.15, 0.2) is 22.7 Å². The molecule has 0 spiro atoms. The quantitative estimate of drug-likeness (QED) is 0.527. The van der Waals surface area contributed by atoms with E-state index in [1.54, 1.807) is 0 Å². The molecule has 0 bridgehead atoms. The summed E-state index contributed by atoms with van der Waals surface area (Å²) in [7, 11) is -3.41. The van der Waals surface area contributed by atoms with Gasteiger partial charge in [-0.05, 0) is 24.6 Å². The summed E-state index contributed by atoms with van der Waals surface area (Å²) in [5.41, 5.74) is 7.11. The van der Waals surface area contributed by atoms with E-state index in [-0.39, 0.29) is 10.7 Å². The highest BCUT2D eigenvalue weighted by Crippen LogP contribution is 2.21. The number of halogens is 1. The normalized spacial score (nSPS) is 11.2. The lowest BCUT2D eigenvalue weighted by Gasteiger charge is -2.11. The topological polar surface area (TPSA) is 98.2 Å². The van der Waals surface area contributed by atoms with Gasteiger partial charge < -0.3 is 11.1 Å². The van der Waals surface area contributed by atoms with Crippen LogP contribution in [0.25, 0.3) is 0 Å². The average molecular weight is 352 g/mol. The summed E-state index contributed by atoms with van der Waals surface area (Å²) < 4.78 is 22.4. The number of nitrogens with one attached hydrogen (secondary N) is 1. The van der Waals surface area contributed by atoms with Gasteiger partial charge in [-0.2, -0.15) is 0 Å². The van der Waals surface area contributed by atoms with Crippen LogP contribution >= 0.6 is 28.1 Å². The molecule has 1 rings (SSSR count). The molecule has 0 aliphatic carbocycles. The number of hydrogen-bond acceptors (Lipinski definition) is 4. The van der Waals surface area contributed by atoms with Gasteiger partial charge in [-0.1, -0.05) is 28.1 Å². The molecule has 5 nitrogen and oxygen atoms in total. The second-order valence-corrected chi connectivity index (χ2v) is 6.79. The first-order chi connectivity index (χ1) is 8.29. The van der Waals surface area contributed by atoms with Crippen LogP contribution < -0.4 is 16.2 Å². The van der Waals surface area contributed by atoms with Gasteiger partial charge in [-0.3, -0.25) is 0 Å². The van der Waals surface area contributed by atoms with Gasteiger partial charge in [0.15, 0.2) is 0 Å². The van der Waals surface area contributed by atoms with Crippen molar-refractivity contribution in [2.45, 2.75) is 6.42 Å². The average Bonchev–Trinajstić information content (AvgIpc) is 2.24. The summed E-state index contributed by atoms with van der Waals surface area (Å²) in [5, 5.41) is 8.00. The zero-order valence-corrected chi connectivity index (χ0v) is 12.7. The lowest BCUT2D eigenvalue weighted by Crippen LogP contribution is -2.19. The summed E-state index contributed by atoms with van der Waals surface area (Å²) in [6, 6.07) is 5.49. The summed E-state index contributed by atoms with van der Waals surface area (Å²) in [4.78, 5) is 0.283. The number of primary sulfonamides is 1. The summed E-state index contributed by atoms with van der Waals surface area (Å²) in [6.07, 6.45) is 0.422. The van der Waals surface area contributed by atoms with Crippen molar-refractivity contribution in [2.75, 3.05) is 17.6 Å². The number of hydrogen-bond donors (Lipinski definition) is 3. The first kappa shape index (κ1) is 15.4. The van der Waals surface area contributed by atoms with Gasteiger partial charge in [0.1, 0.15) is 4.99 Å². The fourth-order valence-electron chi connectivity index (χ4n) is 1.37. The van der Waals surface area contributed by atoms with Crippen LogP contribution in [0.2, 0.25) is 0 Å². The highest BCUT2D eigenvalue weighted by molar-refractivity contribution is 9.10. The van der Waals surface area contributed by atoms with E-state index in [0.717, 1.165) is 15.7 Å². The molecule has 1 aromatic carbocycles. The zero-order valence-electron chi connectivity index (χ0n) is 9.52. The second-order valence-electron chi connectivity index (χ2n) is 3.70. The fraction of sp³-hybridized carbons (Fsp3) is 0.300. The van der Waals surface area contributed by atoms with Gasteiger partial charge >= 0.3 is 0 Å². The van der Waals surface area contributed by atoms with E-state index in [9.17, 15) is 8.42 Å². The molecule has 0 atom stereocenters. The third-order valence-corrected chi connectivity index (χ3v) is 3.74. The molecule has 0 aliphatic heterocycles. The highest BCUT2D eigenvalue weighted by atomic mass is 79.9. The smallest absolute Gasteiger partial charge is 0.209 e. The summed E-state index contributed by atoms with van der Waals surface area (Å²) in [6.45, 7) is 0.480. The Bertz CT molecular complexity index is 546. The van der Waals surface area contributed by atoms with E-state index in [0.29, 0.717) is 13.0 Å². The molecule has 0 radical (unpaired) electrons. The maximum absolute atomic E-state index is 10.8. The molecule has 0 saturated heterocycles. The van der Waals surface area contributed by atoms with Crippen molar-refractivity contribution in [3.63, 3.8) is 0 Å². The van der Waals surface area contributed by atoms with Crippen LogP contribution in [0.5, 0.6) is 0 Å². The Kier molecular flexibility index (Phi) is 5.51. The van der Waals surface area contributed by atoms with E-state index in [1.807, 2.05) is 18.2 Å². The minimum atomic E-state index is -3.41. The standard InChI is InChI=1S/C10H14BrN3O2S2/c11-7-2-3-9(8(6-7)10(12)17)14-4-1-5-18(13,15)16/h2-3,6,14H,1,4-5H2,(H2,12,17)(H2,13,15,16). The Labute approximate surface area is 120 Å². The van der Waals surface area contributed by atoms with Crippen molar-refractivity contribution < 1.29 is 8.42 Å². The van der Waals surface area contributed by atoms with Gasteiger partial charge in [-0.15, -0.1) is 0 Å². The van der Waals surface area contributed by atoms with Crippen LogP contribution in [0.4, 0.5) is 5.69 Å². The van der Waals surface area contributed by atoms with Gasteiger partial charge in [0.2, 0.25) is 10.0 Å². The molecule has 100 valence electrons. The van der Waals surface area contributed by atoms with E-state index in [2.05, 4.69) is 21.2 Å². The van der Waals surface area contributed by atoms with Crippen LogP contribution in [0.1, 0.15) is 12.0 Å². The van der Waals surface area contributed by atoms with Gasteiger partial charge in [0, 0.05) is 22.3 Å². The lowest BCUT2D eigenvalue weighted by atomic mass is 10.2. The van der Waals surface area contributed by atoms with Crippen LogP contribution in [0, 0.1) is 0 Å². The number of rotatable bonds is 6. The molecule has 0 unspecified atom stereocenters. The SMILES string of the molecule is NC(=S)c1cc(Br)ccc1NCCCS(N)(=O)=O. The highest BCUT2D eigenvalue weighted by Gasteiger charge is 2.06. The van der Waals surface area contributed by atoms with Crippen molar-refractivity contribution in [3.05, 3.63) is 28.2 Å². The first-order valence-corrected chi connectivity index (χ1v) is 8.05. The molecule has 0 aromatic heterocycles. The molecule has 0 amide bonds. The van der Waals surface area contributed by atoms with Crippen LogP contribution in [-0.2, 0) is 10.0 Å². The molecule has 18 heavy (non-hydrogen) atoms. The van der Waals surface area contributed by atoms with E-state index >= 15 is 0 Å². The predicted molar refractivity (Wildman–Crippen MR) is 81.1 cm³/mol. The summed E-state index contributed by atoms with van der Waals surface area (Å²) >= 11 is 8.28. The molecule has 8 heteroatoms. The Morgan fingerprint density at radius 1 is 1.44 bits per heavy atom. The molecular weight excluding hydrogens is 338 g/mol. The fourth-order valence-corrected chi connectivity index (χ4v) is 2.45. The largest absolute Gasteiger partial charge is 0.389 e. The predicted octanol–water partition coefficient (Wildman–Crippen LogP) is 1.17. The van der Waals surface area contributed by atoms with Gasteiger partial charge in [0.05, 0.1) is 5.75 Å².